The van der Waals surface area contributed by atoms with Gasteiger partial charge in [-0.05, 0) is 19.1 Å². The van der Waals surface area contributed by atoms with Crippen LogP contribution in [0, 0.1) is 0 Å². The number of rotatable bonds is 3. The number of nitrogens with two attached hydrogens (primary N) is 1. The Labute approximate surface area is 83.5 Å². The Hall–Kier alpha value is -1.00. The van der Waals surface area contributed by atoms with E-state index in [4.69, 9.17) is 5.84 Å². The second-order valence-electron chi connectivity index (χ2n) is 2.75. The molecule has 1 unspecified atom stereocenters. The second-order valence-corrected chi connectivity index (χ2v) is 2.75. The van der Waals surface area contributed by atoms with E-state index >= 15 is 0 Å². The normalized spacial score (nSPS) is 11.5. The third kappa shape index (κ3) is 3.48. The number of amides is 1. The molecule has 0 aromatic carbocycles. The van der Waals surface area contributed by atoms with Crippen LogP contribution in [0.15, 0.2) is 24.5 Å². The predicted octanol–water partition coefficient (Wildman–Crippen LogP) is 0.851. The van der Waals surface area contributed by atoms with Crippen molar-refractivity contribution in [3.05, 3.63) is 24.5 Å². The number of aromatic nitrogens is 1. The second kappa shape index (κ2) is 5.61. The van der Waals surface area contributed by atoms with Crippen molar-refractivity contribution >= 4 is 18.3 Å². The van der Waals surface area contributed by atoms with Gasteiger partial charge in [0.25, 0.3) is 0 Å². The zero-order chi connectivity index (χ0) is 8.97. The Morgan fingerprint density at radius 1 is 1.54 bits per heavy atom. The topological polar surface area (TPSA) is 60.1 Å². The summed E-state index contributed by atoms with van der Waals surface area (Å²) < 4.78 is 1.97. The minimum absolute atomic E-state index is 0. The van der Waals surface area contributed by atoms with Gasteiger partial charge in [0.15, 0.2) is 0 Å². The molecule has 0 spiro atoms. The Bertz CT molecular complexity index is 248. The number of carbonyl (C=O) groups is 1. The molecule has 0 radical (unpaired) electrons. The molecule has 0 aliphatic heterocycles. The third-order valence-electron chi connectivity index (χ3n) is 1.78. The number of hydrogen-bond donors (Lipinski definition) is 2. The maximum Gasteiger partial charge on any atom is 0.235 e. The molecule has 1 atom stereocenters. The number of carbonyl (C=O) groups excluding carboxylic acids is 1. The largest absolute Gasteiger partial charge is 0.351 e. The molecule has 5 heteroatoms. The van der Waals surface area contributed by atoms with Crippen LogP contribution in [0.1, 0.15) is 19.4 Å². The van der Waals surface area contributed by atoms with Gasteiger partial charge in [0.2, 0.25) is 5.91 Å². The average Bonchev–Trinajstić information content (AvgIpc) is 2.56. The van der Waals surface area contributed by atoms with E-state index in [1.165, 1.54) is 0 Å². The first kappa shape index (κ1) is 12.0. The summed E-state index contributed by atoms with van der Waals surface area (Å²) in [6.45, 7) is 1.97. The Balaban J connectivity index is 0.00000144. The van der Waals surface area contributed by atoms with Crippen molar-refractivity contribution in [1.82, 2.24) is 9.99 Å². The summed E-state index contributed by atoms with van der Waals surface area (Å²) in [6, 6.07) is 4.01. The fraction of sp³-hybridized carbons (Fsp3) is 0.375. The van der Waals surface area contributed by atoms with Crippen LogP contribution in [0.3, 0.4) is 0 Å². The molecule has 4 nitrogen and oxygen atoms in total. The summed E-state index contributed by atoms with van der Waals surface area (Å²) in [4.78, 5) is 10.9. The lowest BCUT2D eigenvalue weighted by atomic mass is 10.2. The van der Waals surface area contributed by atoms with Crippen molar-refractivity contribution in [3.63, 3.8) is 0 Å². The van der Waals surface area contributed by atoms with E-state index in [1.54, 1.807) is 0 Å². The van der Waals surface area contributed by atoms with Crippen LogP contribution >= 0.6 is 12.4 Å². The van der Waals surface area contributed by atoms with Crippen LogP contribution in [0.5, 0.6) is 0 Å². The van der Waals surface area contributed by atoms with Crippen LogP contribution in [-0.4, -0.2) is 10.5 Å². The first-order valence-corrected chi connectivity index (χ1v) is 3.86. The monoisotopic (exact) mass is 203 g/mol. The van der Waals surface area contributed by atoms with Gasteiger partial charge < -0.3 is 4.57 Å². The highest BCUT2D eigenvalue weighted by molar-refractivity contribution is 5.85. The van der Waals surface area contributed by atoms with Crippen molar-refractivity contribution in [2.24, 2.45) is 5.84 Å². The number of hydrogen-bond acceptors (Lipinski definition) is 2. The zero-order valence-electron chi connectivity index (χ0n) is 7.43. The van der Waals surface area contributed by atoms with Crippen LogP contribution < -0.4 is 11.3 Å². The van der Waals surface area contributed by atoms with Crippen LogP contribution in [-0.2, 0) is 4.79 Å². The van der Waals surface area contributed by atoms with Crippen molar-refractivity contribution in [1.29, 1.82) is 0 Å². The fourth-order valence-electron chi connectivity index (χ4n) is 1.07. The fourth-order valence-corrected chi connectivity index (χ4v) is 1.07. The summed E-state index contributed by atoms with van der Waals surface area (Å²) in [5, 5.41) is 0. The van der Waals surface area contributed by atoms with Gasteiger partial charge in [-0.15, -0.1) is 12.4 Å². The van der Waals surface area contributed by atoms with Gasteiger partial charge in [-0.25, -0.2) is 5.84 Å². The molecule has 0 bridgehead atoms. The predicted molar refractivity (Wildman–Crippen MR) is 53.3 cm³/mol. The molecule has 0 aliphatic rings. The first-order valence-electron chi connectivity index (χ1n) is 3.86. The molecule has 3 N–H and O–H groups in total. The van der Waals surface area contributed by atoms with E-state index in [0.717, 1.165) is 0 Å². The lowest BCUT2D eigenvalue weighted by Crippen LogP contribution is -2.31. The Morgan fingerprint density at radius 3 is 2.54 bits per heavy atom. The highest BCUT2D eigenvalue weighted by Gasteiger charge is 2.07. The minimum atomic E-state index is -0.142. The molecule has 0 fully saturated rings. The SMILES string of the molecule is CC(CC(=O)NN)n1cccc1.Cl. The highest BCUT2D eigenvalue weighted by atomic mass is 35.5. The van der Waals surface area contributed by atoms with Gasteiger partial charge in [0.1, 0.15) is 0 Å². The van der Waals surface area contributed by atoms with Crippen LogP contribution in [0.4, 0.5) is 0 Å². The average molecular weight is 204 g/mol. The van der Waals surface area contributed by atoms with Crippen LogP contribution in [0.25, 0.3) is 0 Å². The number of hydrazine groups is 1. The molecular formula is C8H14ClN3O. The van der Waals surface area contributed by atoms with Gasteiger partial charge >= 0.3 is 0 Å². The molecule has 74 valence electrons. The van der Waals surface area contributed by atoms with E-state index < -0.39 is 0 Å². The molecular weight excluding hydrogens is 190 g/mol. The quantitative estimate of drug-likeness (QED) is 0.435. The highest BCUT2D eigenvalue weighted by Crippen LogP contribution is 2.09. The van der Waals surface area contributed by atoms with E-state index in [9.17, 15) is 4.79 Å². The number of nitrogens with one attached hydrogen (secondary N) is 1. The third-order valence-corrected chi connectivity index (χ3v) is 1.78. The van der Waals surface area contributed by atoms with Crippen molar-refractivity contribution in [3.8, 4) is 0 Å². The molecule has 0 aliphatic carbocycles. The molecule has 0 saturated heterocycles. The lowest BCUT2D eigenvalue weighted by Gasteiger charge is -2.11. The maximum atomic E-state index is 10.9. The maximum absolute atomic E-state index is 10.9. The summed E-state index contributed by atoms with van der Waals surface area (Å²) in [6.07, 6.45) is 4.26. The molecule has 1 amide bonds. The summed E-state index contributed by atoms with van der Waals surface area (Å²) in [5.74, 6) is 4.82. The Morgan fingerprint density at radius 2 is 2.08 bits per heavy atom. The smallest absolute Gasteiger partial charge is 0.235 e. The van der Waals surface area contributed by atoms with Crippen LogP contribution in [0.2, 0.25) is 0 Å². The lowest BCUT2D eigenvalue weighted by molar-refractivity contribution is -0.121. The number of halogens is 1. The van der Waals surface area contributed by atoms with Gasteiger partial charge in [0.05, 0.1) is 0 Å². The molecule has 1 heterocycles. The van der Waals surface area contributed by atoms with E-state index in [0.29, 0.717) is 6.42 Å². The van der Waals surface area contributed by atoms with E-state index in [2.05, 4.69) is 5.43 Å². The van der Waals surface area contributed by atoms with Gasteiger partial charge in [-0.2, -0.15) is 0 Å². The molecule has 1 aromatic rings. The molecule has 0 saturated carbocycles. The zero-order valence-corrected chi connectivity index (χ0v) is 8.25. The van der Waals surface area contributed by atoms with E-state index in [1.807, 2.05) is 36.0 Å². The summed E-state index contributed by atoms with van der Waals surface area (Å²) >= 11 is 0. The van der Waals surface area contributed by atoms with Crippen molar-refractivity contribution in [2.75, 3.05) is 0 Å². The molecule has 13 heavy (non-hydrogen) atoms. The first-order chi connectivity index (χ1) is 5.74. The van der Waals surface area contributed by atoms with Gasteiger partial charge in [-0.3, -0.25) is 10.2 Å². The van der Waals surface area contributed by atoms with Gasteiger partial charge in [0, 0.05) is 24.9 Å². The van der Waals surface area contributed by atoms with Gasteiger partial charge in [-0.1, -0.05) is 0 Å². The minimum Gasteiger partial charge on any atom is -0.351 e. The van der Waals surface area contributed by atoms with Crippen molar-refractivity contribution < 1.29 is 4.79 Å². The Kier molecular flexibility index (Phi) is 5.18. The molecule has 1 aromatic heterocycles. The molecule has 1 rings (SSSR count). The van der Waals surface area contributed by atoms with E-state index in [-0.39, 0.29) is 24.4 Å². The summed E-state index contributed by atoms with van der Waals surface area (Å²) in [5.41, 5.74) is 2.11. The summed E-state index contributed by atoms with van der Waals surface area (Å²) in [7, 11) is 0. The standard InChI is InChI=1S/C8H13N3O.ClH/c1-7(6-8(12)10-9)11-4-2-3-5-11;/h2-5,7H,6,9H2,1H3,(H,10,12);1H. The number of nitrogens with zero attached hydrogens (tertiary/aromatic N) is 1. The van der Waals surface area contributed by atoms with Crippen molar-refractivity contribution in [2.45, 2.75) is 19.4 Å².